The smallest absolute Gasteiger partial charge is 0.180 e. The third-order valence-corrected chi connectivity index (χ3v) is 4.06. The van der Waals surface area contributed by atoms with E-state index < -0.39 is 0 Å². The molecule has 1 N–H and O–H groups in total. The maximum atomic E-state index is 12.7. The van der Waals surface area contributed by atoms with Crippen LogP contribution < -0.4 is 5.32 Å². The molecule has 0 spiro atoms. The van der Waals surface area contributed by atoms with Crippen LogP contribution in [0.2, 0.25) is 0 Å². The summed E-state index contributed by atoms with van der Waals surface area (Å²) in [6.07, 6.45) is 0.780. The molecule has 2 nitrogen and oxygen atoms in total. The average molecular weight is 265 g/mol. The lowest BCUT2D eigenvalue weighted by Crippen LogP contribution is -2.42. The summed E-state index contributed by atoms with van der Waals surface area (Å²) in [6.45, 7) is 4.81. The Morgan fingerprint density at radius 2 is 1.85 bits per heavy atom. The zero-order valence-electron chi connectivity index (χ0n) is 11.9. The molecule has 1 aliphatic heterocycles. The van der Waals surface area contributed by atoms with Crippen LogP contribution in [0.4, 0.5) is 0 Å². The standard InChI is InChI=1S/C18H19NO/c1-12-7-8-13(2)16(9-12)18(20)17-10-14-5-3-4-6-15(14)11-19-17/h3-9,17,19H,10-11H2,1-2H3. The Kier molecular flexibility index (Phi) is 3.41. The molecule has 20 heavy (non-hydrogen) atoms. The summed E-state index contributed by atoms with van der Waals surface area (Å²) in [4.78, 5) is 12.7. The zero-order valence-corrected chi connectivity index (χ0v) is 11.9. The fourth-order valence-electron chi connectivity index (χ4n) is 2.83. The first-order valence-electron chi connectivity index (χ1n) is 7.07. The number of carbonyl (C=O) groups is 1. The van der Waals surface area contributed by atoms with Gasteiger partial charge in [0, 0.05) is 12.1 Å². The highest BCUT2D eigenvalue weighted by molar-refractivity contribution is 6.01. The maximum Gasteiger partial charge on any atom is 0.180 e. The van der Waals surface area contributed by atoms with Crippen LogP contribution in [0.25, 0.3) is 0 Å². The van der Waals surface area contributed by atoms with E-state index >= 15 is 0 Å². The minimum absolute atomic E-state index is 0.106. The Morgan fingerprint density at radius 1 is 1.10 bits per heavy atom. The monoisotopic (exact) mass is 265 g/mol. The van der Waals surface area contributed by atoms with Gasteiger partial charge >= 0.3 is 0 Å². The number of fused-ring (bicyclic) bond motifs is 1. The van der Waals surface area contributed by atoms with E-state index in [-0.39, 0.29) is 11.8 Å². The van der Waals surface area contributed by atoms with Gasteiger partial charge in [-0.15, -0.1) is 0 Å². The number of benzene rings is 2. The number of hydrogen-bond donors (Lipinski definition) is 1. The van der Waals surface area contributed by atoms with Gasteiger partial charge in [0.05, 0.1) is 6.04 Å². The summed E-state index contributed by atoms with van der Waals surface area (Å²) in [7, 11) is 0. The van der Waals surface area contributed by atoms with Crippen LogP contribution >= 0.6 is 0 Å². The van der Waals surface area contributed by atoms with Crippen molar-refractivity contribution in [1.29, 1.82) is 0 Å². The highest BCUT2D eigenvalue weighted by Crippen LogP contribution is 2.20. The Hall–Kier alpha value is -1.93. The molecule has 0 bridgehead atoms. The van der Waals surface area contributed by atoms with E-state index in [4.69, 9.17) is 0 Å². The number of Topliss-reactive ketones (excluding diaryl/α,β-unsaturated/α-hetero) is 1. The highest BCUT2D eigenvalue weighted by Gasteiger charge is 2.25. The number of aryl methyl sites for hydroxylation is 2. The second-order valence-electron chi connectivity index (χ2n) is 5.59. The van der Waals surface area contributed by atoms with E-state index in [0.29, 0.717) is 0 Å². The third-order valence-electron chi connectivity index (χ3n) is 4.06. The SMILES string of the molecule is Cc1ccc(C)c(C(=O)C2Cc3ccccc3CN2)c1. The quantitative estimate of drug-likeness (QED) is 0.845. The van der Waals surface area contributed by atoms with Crippen LogP contribution in [0.15, 0.2) is 42.5 Å². The minimum Gasteiger partial charge on any atom is -0.303 e. The van der Waals surface area contributed by atoms with Crippen LogP contribution in [0, 0.1) is 13.8 Å². The second kappa shape index (κ2) is 5.22. The molecular formula is C18H19NO. The van der Waals surface area contributed by atoms with Gasteiger partial charge in [0.25, 0.3) is 0 Å². The lowest BCUT2D eigenvalue weighted by molar-refractivity contribution is 0.0937. The van der Waals surface area contributed by atoms with E-state index in [9.17, 15) is 4.79 Å². The summed E-state index contributed by atoms with van der Waals surface area (Å²) in [5.41, 5.74) is 5.63. The van der Waals surface area contributed by atoms with E-state index in [0.717, 1.165) is 29.7 Å². The molecule has 2 heteroatoms. The van der Waals surface area contributed by atoms with Gasteiger partial charge in [0.2, 0.25) is 0 Å². The molecule has 0 saturated carbocycles. The van der Waals surface area contributed by atoms with Crippen molar-refractivity contribution in [1.82, 2.24) is 5.32 Å². The van der Waals surface area contributed by atoms with Crippen molar-refractivity contribution in [3.8, 4) is 0 Å². The molecule has 1 unspecified atom stereocenters. The van der Waals surface area contributed by atoms with Gasteiger partial charge < -0.3 is 5.32 Å². The number of ketones is 1. The van der Waals surface area contributed by atoms with E-state index in [1.165, 1.54) is 11.1 Å². The molecule has 1 heterocycles. The predicted octanol–water partition coefficient (Wildman–Crippen LogP) is 3.20. The normalized spacial score (nSPS) is 17.6. The van der Waals surface area contributed by atoms with Crippen molar-refractivity contribution in [2.24, 2.45) is 0 Å². The van der Waals surface area contributed by atoms with E-state index in [2.05, 4.69) is 23.5 Å². The largest absolute Gasteiger partial charge is 0.303 e. The lowest BCUT2D eigenvalue weighted by atomic mass is 9.89. The van der Waals surface area contributed by atoms with Gasteiger partial charge in [0.1, 0.15) is 0 Å². The molecule has 0 fully saturated rings. The highest BCUT2D eigenvalue weighted by atomic mass is 16.1. The zero-order chi connectivity index (χ0) is 14.1. The van der Waals surface area contributed by atoms with E-state index in [1.807, 2.05) is 38.1 Å². The Bertz CT molecular complexity index is 660. The van der Waals surface area contributed by atoms with Gasteiger partial charge in [-0.3, -0.25) is 4.79 Å². The summed E-state index contributed by atoms with van der Waals surface area (Å²) >= 11 is 0. The fraction of sp³-hybridized carbons (Fsp3) is 0.278. The number of carbonyl (C=O) groups excluding carboxylic acids is 1. The van der Waals surface area contributed by atoms with Crippen molar-refractivity contribution in [2.75, 3.05) is 0 Å². The Morgan fingerprint density at radius 3 is 2.65 bits per heavy atom. The molecule has 1 aliphatic rings. The van der Waals surface area contributed by atoms with Crippen molar-refractivity contribution in [2.45, 2.75) is 32.9 Å². The molecule has 0 radical (unpaired) electrons. The van der Waals surface area contributed by atoms with Gasteiger partial charge in [-0.05, 0) is 43.0 Å². The first-order chi connectivity index (χ1) is 9.65. The maximum absolute atomic E-state index is 12.7. The molecule has 0 aliphatic carbocycles. The van der Waals surface area contributed by atoms with Gasteiger partial charge in [-0.2, -0.15) is 0 Å². The van der Waals surface area contributed by atoms with E-state index in [1.54, 1.807) is 0 Å². The molecule has 0 aromatic heterocycles. The van der Waals surface area contributed by atoms with Gasteiger partial charge in [-0.1, -0.05) is 42.0 Å². The molecule has 0 saturated heterocycles. The van der Waals surface area contributed by atoms with Crippen molar-refractivity contribution < 1.29 is 4.79 Å². The first-order valence-corrected chi connectivity index (χ1v) is 7.07. The fourth-order valence-corrected chi connectivity index (χ4v) is 2.83. The summed E-state index contributed by atoms with van der Waals surface area (Å²) in [5.74, 6) is 0.209. The second-order valence-corrected chi connectivity index (χ2v) is 5.59. The Balaban J connectivity index is 1.88. The van der Waals surface area contributed by atoms with Crippen LogP contribution in [0.5, 0.6) is 0 Å². The van der Waals surface area contributed by atoms with Crippen LogP contribution in [0.1, 0.15) is 32.6 Å². The molecule has 102 valence electrons. The molecular weight excluding hydrogens is 246 g/mol. The van der Waals surface area contributed by atoms with Crippen molar-refractivity contribution in [3.05, 3.63) is 70.3 Å². The van der Waals surface area contributed by atoms with Crippen molar-refractivity contribution >= 4 is 5.78 Å². The molecule has 3 rings (SSSR count). The lowest BCUT2D eigenvalue weighted by Gasteiger charge is -2.25. The van der Waals surface area contributed by atoms with Crippen LogP contribution in [0.3, 0.4) is 0 Å². The summed E-state index contributed by atoms with van der Waals surface area (Å²) in [6, 6.07) is 14.3. The van der Waals surface area contributed by atoms with Crippen LogP contribution in [-0.4, -0.2) is 11.8 Å². The average Bonchev–Trinajstić information content (AvgIpc) is 2.48. The number of nitrogens with one attached hydrogen (secondary N) is 1. The Labute approximate surface area is 119 Å². The van der Waals surface area contributed by atoms with Crippen LogP contribution in [-0.2, 0) is 13.0 Å². The molecule has 1 atom stereocenters. The minimum atomic E-state index is -0.106. The first kappa shape index (κ1) is 13.1. The van der Waals surface area contributed by atoms with Gasteiger partial charge in [-0.25, -0.2) is 0 Å². The molecule has 0 amide bonds. The summed E-state index contributed by atoms with van der Waals surface area (Å²) in [5, 5.41) is 3.37. The molecule has 2 aromatic carbocycles. The number of rotatable bonds is 2. The predicted molar refractivity (Wildman–Crippen MR) is 81.0 cm³/mol. The van der Waals surface area contributed by atoms with Gasteiger partial charge in [0.15, 0.2) is 5.78 Å². The topological polar surface area (TPSA) is 29.1 Å². The van der Waals surface area contributed by atoms with Crippen molar-refractivity contribution in [3.63, 3.8) is 0 Å². The number of hydrogen-bond acceptors (Lipinski definition) is 2. The summed E-state index contributed by atoms with van der Waals surface area (Å²) < 4.78 is 0. The molecule has 2 aromatic rings. The third kappa shape index (κ3) is 2.39.